The number of ether oxygens (including phenoxy) is 1. The summed E-state index contributed by atoms with van der Waals surface area (Å²) in [7, 11) is -1.21. The van der Waals surface area contributed by atoms with Gasteiger partial charge in [-0.1, -0.05) is 52.9 Å². The van der Waals surface area contributed by atoms with E-state index in [4.69, 9.17) is 13.8 Å². The maximum Gasteiger partial charge on any atom is 0.330 e. The van der Waals surface area contributed by atoms with Gasteiger partial charge in [0.1, 0.15) is 0 Å². The molecule has 0 aromatic carbocycles. The Hall–Kier alpha value is 0.110. The largest absolute Gasteiger partial charge is 0.385 e. The van der Waals surface area contributed by atoms with E-state index in [-0.39, 0.29) is 0 Å². The number of hydrogen-bond acceptors (Lipinski definition) is 4. The fourth-order valence-corrected chi connectivity index (χ4v) is 4.26. The zero-order valence-electron chi connectivity index (χ0n) is 15.8. The van der Waals surface area contributed by atoms with E-state index in [1.54, 1.807) is 7.11 Å². The summed E-state index contributed by atoms with van der Waals surface area (Å²) < 4.78 is 29.6. The third kappa shape index (κ3) is 13.1. The zero-order valence-corrected chi connectivity index (χ0v) is 16.7. The molecule has 140 valence electrons. The van der Waals surface area contributed by atoms with Gasteiger partial charge in [0.15, 0.2) is 0 Å². The van der Waals surface area contributed by atoms with Gasteiger partial charge >= 0.3 is 7.60 Å². The second kappa shape index (κ2) is 15.6. The first-order chi connectivity index (χ1) is 11.1. The van der Waals surface area contributed by atoms with Crippen LogP contribution in [-0.2, 0) is 18.3 Å². The Morgan fingerprint density at radius 1 is 0.826 bits per heavy atom. The summed E-state index contributed by atoms with van der Waals surface area (Å²) in [5, 5.41) is 0. The second-order valence-electron chi connectivity index (χ2n) is 6.31. The van der Waals surface area contributed by atoms with Crippen molar-refractivity contribution in [3.8, 4) is 0 Å². The van der Waals surface area contributed by atoms with E-state index in [0.29, 0.717) is 25.3 Å². The Morgan fingerprint density at radius 2 is 1.52 bits per heavy atom. The SMILES string of the molecule is CCCCCOP(=O)(CCCC)OCC(CCCC)CCOC. The molecule has 0 amide bonds. The molecule has 0 aromatic rings. The van der Waals surface area contributed by atoms with Crippen LogP contribution < -0.4 is 0 Å². The Labute approximate surface area is 144 Å². The van der Waals surface area contributed by atoms with Crippen molar-refractivity contribution in [2.45, 2.75) is 78.6 Å². The number of hydrogen-bond donors (Lipinski definition) is 0. The lowest BCUT2D eigenvalue weighted by Crippen LogP contribution is -2.13. The Morgan fingerprint density at radius 3 is 2.13 bits per heavy atom. The van der Waals surface area contributed by atoms with Crippen molar-refractivity contribution < 1.29 is 18.3 Å². The van der Waals surface area contributed by atoms with Crippen LogP contribution in [0.15, 0.2) is 0 Å². The van der Waals surface area contributed by atoms with Crippen LogP contribution in [0.25, 0.3) is 0 Å². The van der Waals surface area contributed by atoms with Crippen LogP contribution in [0.5, 0.6) is 0 Å². The van der Waals surface area contributed by atoms with Gasteiger partial charge in [0.2, 0.25) is 0 Å². The third-order valence-electron chi connectivity index (χ3n) is 4.02. The Kier molecular flexibility index (Phi) is 15.7. The van der Waals surface area contributed by atoms with Gasteiger partial charge in [0, 0.05) is 13.7 Å². The molecular weight excluding hydrogens is 311 g/mol. The number of rotatable bonds is 17. The highest BCUT2D eigenvalue weighted by atomic mass is 31.2. The molecule has 0 aliphatic carbocycles. The highest BCUT2D eigenvalue weighted by Crippen LogP contribution is 2.49. The summed E-state index contributed by atoms with van der Waals surface area (Å²) in [4.78, 5) is 0. The van der Waals surface area contributed by atoms with E-state index in [9.17, 15) is 4.57 Å². The van der Waals surface area contributed by atoms with Gasteiger partial charge in [-0.3, -0.25) is 4.57 Å². The quantitative estimate of drug-likeness (QED) is 0.237. The lowest BCUT2D eigenvalue weighted by molar-refractivity contribution is 0.134. The molecule has 2 atom stereocenters. The van der Waals surface area contributed by atoms with Crippen molar-refractivity contribution >= 4 is 7.60 Å². The predicted molar refractivity (Wildman–Crippen MR) is 98.3 cm³/mol. The van der Waals surface area contributed by atoms with Crippen LogP contribution in [0, 0.1) is 5.92 Å². The topological polar surface area (TPSA) is 44.8 Å². The predicted octanol–water partition coefficient (Wildman–Crippen LogP) is 6.05. The summed E-state index contributed by atoms with van der Waals surface area (Å²) in [5.41, 5.74) is 0. The van der Waals surface area contributed by atoms with E-state index in [1.807, 2.05) is 0 Å². The van der Waals surface area contributed by atoms with E-state index in [1.165, 1.54) is 12.8 Å². The summed E-state index contributed by atoms with van der Waals surface area (Å²) in [6.45, 7) is 8.25. The third-order valence-corrected chi connectivity index (χ3v) is 6.01. The van der Waals surface area contributed by atoms with Crippen molar-refractivity contribution in [3.63, 3.8) is 0 Å². The van der Waals surface area contributed by atoms with Gasteiger partial charge in [-0.2, -0.15) is 0 Å². The van der Waals surface area contributed by atoms with Crippen molar-refractivity contribution in [1.82, 2.24) is 0 Å². The summed E-state index contributed by atoms with van der Waals surface area (Å²) in [5.74, 6) is 0.407. The van der Waals surface area contributed by atoms with Gasteiger partial charge in [-0.25, -0.2) is 0 Å². The minimum absolute atomic E-state index is 0.407. The van der Waals surface area contributed by atoms with Crippen molar-refractivity contribution in [2.24, 2.45) is 5.92 Å². The molecule has 0 spiro atoms. The van der Waals surface area contributed by atoms with E-state index in [2.05, 4.69) is 20.8 Å². The minimum Gasteiger partial charge on any atom is -0.385 e. The Bertz CT molecular complexity index is 289. The molecule has 5 heteroatoms. The number of methoxy groups -OCH3 is 1. The van der Waals surface area contributed by atoms with Crippen LogP contribution in [0.1, 0.15) is 78.6 Å². The average Bonchev–Trinajstić information content (AvgIpc) is 2.56. The van der Waals surface area contributed by atoms with Crippen molar-refractivity contribution in [2.75, 3.05) is 33.1 Å². The van der Waals surface area contributed by atoms with Gasteiger partial charge in [0.25, 0.3) is 0 Å². The van der Waals surface area contributed by atoms with E-state index < -0.39 is 7.60 Å². The first kappa shape index (κ1) is 23.1. The molecule has 0 N–H and O–H groups in total. The molecule has 0 heterocycles. The fraction of sp³-hybridized carbons (Fsp3) is 1.00. The molecule has 0 saturated heterocycles. The lowest BCUT2D eigenvalue weighted by atomic mass is 10.0. The minimum atomic E-state index is -2.94. The molecule has 0 aliphatic rings. The average molecular weight is 350 g/mol. The van der Waals surface area contributed by atoms with Gasteiger partial charge in [-0.15, -0.1) is 0 Å². The van der Waals surface area contributed by atoms with Crippen LogP contribution in [0.2, 0.25) is 0 Å². The number of unbranched alkanes of at least 4 members (excludes halogenated alkanes) is 4. The maximum absolute atomic E-state index is 12.9. The summed E-state index contributed by atoms with van der Waals surface area (Å²) in [6.07, 6.45) is 10.1. The molecule has 0 saturated carbocycles. The van der Waals surface area contributed by atoms with Gasteiger partial charge < -0.3 is 13.8 Å². The van der Waals surface area contributed by atoms with Gasteiger partial charge in [0.05, 0.1) is 19.4 Å². The molecule has 0 aromatic heterocycles. The maximum atomic E-state index is 12.9. The van der Waals surface area contributed by atoms with Crippen molar-refractivity contribution in [1.29, 1.82) is 0 Å². The normalized spacial score (nSPS) is 15.5. The summed E-state index contributed by atoms with van der Waals surface area (Å²) in [6, 6.07) is 0. The standard InChI is InChI=1S/C18H39O4P/c1-5-8-11-14-21-23(19,16-10-7-3)22-17-18(12-9-6-2)13-15-20-4/h18H,5-17H2,1-4H3. The first-order valence-corrected chi connectivity index (χ1v) is 11.2. The first-order valence-electron chi connectivity index (χ1n) is 9.48. The highest BCUT2D eigenvalue weighted by Gasteiger charge is 2.25. The molecule has 0 aliphatic heterocycles. The molecule has 0 fully saturated rings. The van der Waals surface area contributed by atoms with E-state index >= 15 is 0 Å². The summed E-state index contributed by atoms with van der Waals surface area (Å²) >= 11 is 0. The van der Waals surface area contributed by atoms with E-state index in [0.717, 1.165) is 51.6 Å². The molecule has 2 unspecified atom stereocenters. The fourth-order valence-electron chi connectivity index (χ4n) is 2.38. The molecule has 0 rings (SSSR count). The zero-order chi connectivity index (χ0) is 17.4. The van der Waals surface area contributed by atoms with Crippen LogP contribution >= 0.6 is 7.60 Å². The smallest absolute Gasteiger partial charge is 0.330 e. The molecule has 23 heavy (non-hydrogen) atoms. The van der Waals surface area contributed by atoms with Gasteiger partial charge in [-0.05, 0) is 31.6 Å². The van der Waals surface area contributed by atoms with Crippen LogP contribution in [-0.4, -0.2) is 33.1 Å². The van der Waals surface area contributed by atoms with Crippen molar-refractivity contribution in [3.05, 3.63) is 0 Å². The van der Waals surface area contributed by atoms with Crippen LogP contribution in [0.3, 0.4) is 0 Å². The molecular formula is C18H39O4P. The Balaban J connectivity index is 4.41. The molecule has 4 nitrogen and oxygen atoms in total. The highest BCUT2D eigenvalue weighted by molar-refractivity contribution is 7.53. The molecule has 0 bridgehead atoms. The lowest BCUT2D eigenvalue weighted by Gasteiger charge is -2.22. The molecule has 0 radical (unpaired) electrons. The second-order valence-corrected chi connectivity index (χ2v) is 8.50. The monoisotopic (exact) mass is 350 g/mol. The van der Waals surface area contributed by atoms with Crippen LogP contribution in [0.4, 0.5) is 0 Å².